The lowest BCUT2D eigenvalue weighted by atomic mass is 9.86. The Hall–Kier alpha value is -0.790. The van der Waals surface area contributed by atoms with Gasteiger partial charge in [-0.3, -0.25) is 4.79 Å². The van der Waals surface area contributed by atoms with Crippen LogP contribution >= 0.6 is 0 Å². The van der Waals surface area contributed by atoms with E-state index in [1.54, 1.807) is 0 Å². The molecule has 0 aromatic carbocycles. The topological polar surface area (TPSA) is 26.3 Å². The predicted octanol–water partition coefficient (Wildman–Crippen LogP) is 3.38. The summed E-state index contributed by atoms with van der Waals surface area (Å²) in [5, 5.41) is 0. The van der Waals surface area contributed by atoms with Gasteiger partial charge in [-0.25, -0.2) is 0 Å². The van der Waals surface area contributed by atoms with Gasteiger partial charge >= 0.3 is 5.97 Å². The van der Waals surface area contributed by atoms with Crippen molar-refractivity contribution in [2.75, 3.05) is 6.61 Å². The van der Waals surface area contributed by atoms with Gasteiger partial charge in [-0.1, -0.05) is 26.0 Å². The third kappa shape index (κ3) is 2.56. The standard InChI is InChI=1S/C15H23O2/c1-4-15(3,5-2)10-17-14(16)13-9-11-6-7-12(13)8-11/h6-7,11-13H,3-5,8-10H2,1-2H3. The zero-order valence-corrected chi connectivity index (χ0v) is 10.9. The Morgan fingerprint density at radius 1 is 1.35 bits per heavy atom. The van der Waals surface area contributed by atoms with E-state index in [4.69, 9.17) is 4.74 Å². The highest BCUT2D eigenvalue weighted by molar-refractivity contribution is 5.74. The number of rotatable bonds is 5. The fourth-order valence-electron chi connectivity index (χ4n) is 2.84. The van der Waals surface area contributed by atoms with Gasteiger partial charge in [0, 0.05) is 5.41 Å². The van der Waals surface area contributed by atoms with E-state index in [2.05, 4.69) is 32.9 Å². The highest BCUT2D eigenvalue weighted by atomic mass is 16.5. The Bertz CT molecular complexity index is 315. The van der Waals surface area contributed by atoms with Gasteiger partial charge in [0.25, 0.3) is 0 Å². The van der Waals surface area contributed by atoms with Crippen LogP contribution in [0.1, 0.15) is 39.5 Å². The first kappa shape index (κ1) is 12.7. The third-order valence-electron chi connectivity index (χ3n) is 4.60. The lowest BCUT2D eigenvalue weighted by Crippen LogP contribution is -2.28. The smallest absolute Gasteiger partial charge is 0.309 e. The van der Waals surface area contributed by atoms with E-state index < -0.39 is 0 Å². The number of carbonyl (C=O) groups excluding carboxylic acids is 1. The third-order valence-corrected chi connectivity index (χ3v) is 4.60. The van der Waals surface area contributed by atoms with E-state index >= 15 is 0 Å². The average molecular weight is 235 g/mol. The molecule has 0 spiro atoms. The fourth-order valence-corrected chi connectivity index (χ4v) is 2.84. The number of hydrogen-bond acceptors (Lipinski definition) is 2. The summed E-state index contributed by atoms with van der Waals surface area (Å²) in [4.78, 5) is 12.0. The second kappa shape index (κ2) is 4.83. The van der Waals surface area contributed by atoms with Crippen molar-refractivity contribution in [2.24, 2.45) is 23.2 Å². The Morgan fingerprint density at radius 3 is 2.53 bits per heavy atom. The molecular weight excluding hydrogens is 212 g/mol. The Kier molecular flexibility index (Phi) is 3.60. The molecule has 0 aliphatic heterocycles. The first-order valence-electron chi connectivity index (χ1n) is 6.78. The van der Waals surface area contributed by atoms with Crippen LogP contribution in [0.25, 0.3) is 0 Å². The molecule has 0 aromatic rings. The molecule has 0 N–H and O–H groups in total. The maximum atomic E-state index is 12.0. The summed E-state index contributed by atoms with van der Waals surface area (Å²) in [5.74, 6) is 1.18. The van der Waals surface area contributed by atoms with Crippen LogP contribution in [-0.4, -0.2) is 12.6 Å². The van der Waals surface area contributed by atoms with Gasteiger partial charge in [-0.05, 0) is 44.4 Å². The first-order chi connectivity index (χ1) is 8.08. The molecule has 0 amide bonds. The summed E-state index contributed by atoms with van der Waals surface area (Å²) < 4.78 is 5.49. The van der Waals surface area contributed by atoms with Crippen LogP contribution in [0.5, 0.6) is 0 Å². The molecule has 1 radical (unpaired) electrons. The molecule has 17 heavy (non-hydrogen) atoms. The van der Waals surface area contributed by atoms with Crippen molar-refractivity contribution in [3.63, 3.8) is 0 Å². The molecule has 2 nitrogen and oxygen atoms in total. The molecule has 2 heteroatoms. The molecule has 2 aliphatic rings. The fraction of sp³-hybridized carbons (Fsp3) is 0.733. The molecule has 1 saturated carbocycles. The largest absolute Gasteiger partial charge is 0.465 e. The number of ether oxygens (including phenoxy) is 1. The van der Waals surface area contributed by atoms with E-state index in [0.29, 0.717) is 18.4 Å². The van der Waals surface area contributed by atoms with E-state index in [1.165, 1.54) is 0 Å². The second-order valence-electron chi connectivity index (χ2n) is 5.70. The minimum atomic E-state index is -0.0941. The number of carbonyl (C=O) groups is 1. The molecular formula is C15H23O2. The zero-order chi connectivity index (χ0) is 12.5. The van der Waals surface area contributed by atoms with Gasteiger partial charge in [0.1, 0.15) is 0 Å². The Morgan fingerprint density at radius 2 is 2.06 bits per heavy atom. The summed E-state index contributed by atoms with van der Waals surface area (Å²) in [6.45, 7) is 8.83. The summed E-state index contributed by atoms with van der Waals surface area (Å²) >= 11 is 0. The van der Waals surface area contributed by atoms with Gasteiger partial charge in [0.15, 0.2) is 0 Å². The molecule has 1 fully saturated rings. The molecule has 0 saturated heterocycles. The van der Waals surface area contributed by atoms with Gasteiger partial charge in [-0.2, -0.15) is 0 Å². The number of allylic oxidation sites excluding steroid dienone is 2. The van der Waals surface area contributed by atoms with Crippen LogP contribution in [0, 0.1) is 30.1 Å². The maximum absolute atomic E-state index is 12.0. The number of fused-ring (bicyclic) bond motifs is 2. The van der Waals surface area contributed by atoms with Crippen LogP contribution in [0.2, 0.25) is 0 Å². The minimum Gasteiger partial charge on any atom is -0.465 e. The molecule has 3 unspecified atom stereocenters. The quantitative estimate of drug-likeness (QED) is 0.539. The summed E-state index contributed by atoms with van der Waals surface area (Å²) in [6, 6.07) is 0. The second-order valence-corrected chi connectivity index (χ2v) is 5.70. The van der Waals surface area contributed by atoms with Crippen molar-refractivity contribution in [2.45, 2.75) is 39.5 Å². The zero-order valence-electron chi connectivity index (χ0n) is 10.9. The summed E-state index contributed by atoms with van der Waals surface area (Å²) in [5.41, 5.74) is -0.0941. The van der Waals surface area contributed by atoms with Gasteiger partial charge in [0.2, 0.25) is 0 Å². The van der Waals surface area contributed by atoms with E-state index in [9.17, 15) is 4.79 Å². The Balaban J connectivity index is 1.84. The first-order valence-corrected chi connectivity index (χ1v) is 6.78. The van der Waals surface area contributed by atoms with Crippen LogP contribution in [-0.2, 0) is 9.53 Å². The highest BCUT2D eigenvalue weighted by Gasteiger charge is 2.41. The van der Waals surface area contributed by atoms with Crippen molar-refractivity contribution >= 4 is 5.97 Å². The van der Waals surface area contributed by atoms with Crippen molar-refractivity contribution in [3.8, 4) is 0 Å². The molecule has 2 bridgehead atoms. The van der Waals surface area contributed by atoms with Crippen LogP contribution in [0.3, 0.4) is 0 Å². The van der Waals surface area contributed by atoms with Crippen LogP contribution in [0.4, 0.5) is 0 Å². The molecule has 0 heterocycles. The van der Waals surface area contributed by atoms with Gasteiger partial charge in [-0.15, -0.1) is 0 Å². The summed E-state index contributed by atoms with van der Waals surface area (Å²) in [6.07, 6.45) is 8.48. The Labute approximate surface area is 104 Å². The maximum Gasteiger partial charge on any atom is 0.309 e. The molecule has 3 atom stereocenters. The lowest BCUT2D eigenvalue weighted by molar-refractivity contribution is -0.152. The normalized spacial score (nSPS) is 30.9. The van der Waals surface area contributed by atoms with Crippen LogP contribution in [0.15, 0.2) is 12.2 Å². The van der Waals surface area contributed by atoms with Crippen molar-refractivity contribution < 1.29 is 9.53 Å². The van der Waals surface area contributed by atoms with E-state index in [1.807, 2.05) is 0 Å². The highest BCUT2D eigenvalue weighted by Crippen LogP contribution is 2.44. The predicted molar refractivity (Wildman–Crippen MR) is 68.2 cm³/mol. The minimum absolute atomic E-state index is 0.00299. The monoisotopic (exact) mass is 235 g/mol. The SMILES string of the molecule is [CH2]C(CC)(CC)COC(=O)C1CC2C=CC1C2. The average Bonchev–Trinajstić information content (AvgIpc) is 2.97. The molecule has 95 valence electrons. The number of hydrogen-bond donors (Lipinski definition) is 0. The van der Waals surface area contributed by atoms with E-state index in [0.717, 1.165) is 25.7 Å². The van der Waals surface area contributed by atoms with Crippen molar-refractivity contribution in [3.05, 3.63) is 19.1 Å². The van der Waals surface area contributed by atoms with Gasteiger partial charge < -0.3 is 4.74 Å². The number of esters is 1. The molecule has 0 aromatic heterocycles. The van der Waals surface area contributed by atoms with Crippen molar-refractivity contribution in [1.29, 1.82) is 0 Å². The molecule has 2 rings (SSSR count). The van der Waals surface area contributed by atoms with E-state index in [-0.39, 0.29) is 17.3 Å². The van der Waals surface area contributed by atoms with Gasteiger partial charge in [0.05, 0.1) is 12.5 Å². The summed E-state index contributed by atoms with van der Waals surface area (Å²) in [7, 11) is 0. The van der Waals surface area contributed by atoms with Crippen LogP contribution < -0.4 is 0 Å². The molecule has 2 aliphatic carbocycles. The lowest BCUT2D eigenvalue weighted by Gasteiger charge is -2.27. The van der Waals surface area contributed by atoms with Crippen molar-refractivity contribution in [1.82, 2.24) is 0 Å².